The van der Waals surface area contributed by atoms with Gasteiger partial charge in [-0.15, -0.1) is 0 Å². The van der Waals surface area contributed by atoms with Crippen LogP contribution in [0.4, 0.5) is 23.4 Å². The summed E-state index contributed by atoms with van der Waals surface area (Å²) >= 11 is 0. The maximum Gasteiger partial charge on any atom is 0.270 e. The minimum Gasteiger partial charge on any atom is -0.493 e. The number of aliphatic imine (C=N–C) groups is 1. The van der Waals surface area contributed by atoms with Crippen molar-refractivity contribution >= 4 is 29.3 Å². The molecule has 3 atom stereocenters. The highest BCUT2D eigenvalue weighted by atomic mass is 19.3. The van der Waals surface area contributed by atoms with Crippen molar-refractivity contribution in [3.05, 3.63) is 83.1 Å². The van der Waals surface area contributed by atoms with Gasteiger partial charge in [-0.05, 0) is 80.7 Å². The topological polar surface area (TPSA) is 110 Å². The number of pyridine rings is 1. The lowest BCUT2D eigenvalue weighted by atomic mass is 9.85. The van der Waals surface area contributed by atoms with Crippen LogP contribution in [0.3, 0.4) is 0 Å². The summed E-state index contributed by atoms with van der Waals surface area (Å²) < 4.78 is 61.9. The molecule has 0 amide bonds. The Kier molecular flexibility index (Phi) is 20.3. The molecule has 56 heavy (non-hydrogen) atoms. The molecule has 1 aromatic heterocycles. The first-order valence-electron chi connectivity index (χ1n) is 19.5. The number of halogens is 4. The number of nitrogens with zero attached hydrogens (tertiary/aromatic N) is 3. The number of rotatable bonds is 16. The predicted octanol–water partition coefficient (Wildman–Crippen LogP) is 11.8. The lowest BCUT2D eigenvalue weighted by Crippen LogP contribution is -2.36. The largest absolute Gasteiger partial charge is 0.493 e. The van der Waals surface area contributed by atoms with Crippen molar-refractivity contribution < 1.29 is 31.9 Å². The normalized spacial score (nSPS) is 15.4. The van der Waals surface area contributed by atoms with Gasteiger partial charge < -0.3 is 15.8 Å². The van der Waals surface area contributed by atoms with Crippen molar-refractivity contribution in [3.8, 4) is 5.75 Å². The van der Waals surface area contributed by atoms with E-state index in [-0.39, 0.29) is 40.0 Å². The first-order chi connectivity index (χ1) is 26.1. The van der Waals surface area contributed by atoms with E-state index in [4.69, 9.17) is 10.5 Å². The van der Waals surface area contributed by atoms with E-state index in [1.54, 1.807) is 14.0 Å². The molecule has 1 aliphatic rings. The van der Waals surface area contributed by atoms with Gasteiger partial charge in [0, 0.05) is 42.4 Å². The van der Waals surface area contributed by atoms with Crippen molar-refractivity contribution in [2.24, 2.45) is 33.9 Å². The Morgan fingerprint density at radius 3 is 2.18 bits per heavy atom. The van der Waals surface area contributed by atoms with Gasteiger partial charge in [0.2, 0.25) is 5.95 Å². The number of aromatic nitrogens is 1. The van der Waals surface area contributed by atoms with E-state index in [0.29, 0.717) is 59.3 Å². The Labute approximate surface area is 332 Å². The van der Waals surface area contributed by atoms with Gasteiger partial charge in [0.1, 0.15) is 29.0 Å². The molecule has 0 saturated carbocycles. The molecule has 3 rings (SSSR count). The van der Waals surface area contributed by atoms with E-state index in [0.717, 1.165) is 45.2 Å². The number of carbonyl (C=O) groups is 2. The molecule has 8 nitrogen and oxygen atoms in total. The molecular weight excluding hydrogens is 723 g/mol. The van der Waals surface area contributed by atoms with Gasteiger partial charge in [-0.3, -0.25) is 14.5 Å². The van der Waals surface area contributed by atoms with Crippen molar-refractivity contribution in [1.29, 1.82) is 0 Å². The van der Waals surface area contributed by atoms with Gasteiger partial charge in [-0.25, -0.2) is 23.1 Å². The molecular formula is C44H65F4N5O3. The number of nitrogens with one attached hydrogen (secondary N) is 1. The van der Waals surface area contributed by atoms with E-state index in [2.05, 4.69) is 42.6 Å². The highest BCUT2D eigenvalue weighted by Crippen LogP contribution is 2.42. The molecule has 0 aliphatic carbocycles. The number of Topliss-reactive ketones (excluding diaryl/α,β-unsaturated/α-hetero) is 1. The number of carbonyl (C=O) groups excluding carboxylic acids is 2. The quantitative estimate of drug-likeness (QED) is 0.0990. The summed E-state index contributed by atoms with van der Waals surface area (Å²) in [6, 6.07) is 5.31. The third-order valence-electron chi connectivity index (χ3n) is 9.79. The molecule has 0 saturated heterocycles. The molecule has 12 heteroatoms. The number of nitrogens with two attached hydrogens (primary N) is 1. The standard InChI is InChI=1S/C30H43F2N3O2.C8H10F2N2.C6H12O/c1-8-12-13-22(14-19(5)9-2)21(7)35-27(32)17-34-30(33)29(35)28(20(6)10-3)24-16-25(31)23(18-36)15-26(24)37-11-4;1-8(9,10)6-3-4-12-7(5-6)11-2;1-5(7)6(2,3)4/h15-20,22H,7-14H2,1-6H3,(H2,33,34);3-5H,1-2H3,(H,11,12);1-4H3/b29-28+;;/t19?,20?,22-;;/m1../s1. The van der Waals surface area contributed by atoms with E-state index in [1.807, 2.05) is 41.5 Å². The number of amidine groups is 1. The fraction of sp³-hybridized carbons (Fsp3) is 0.545. The second-order valence-corrected chi connectivity index (χ2v) is 15.2. The van der Waals surface area contributed by atoms with Crippen LogP contribution in [-0.2, 0) is 10.7 Å². The lowest BCUT2D eigenvalue weighted by Gasteiger charge is -2.37. The highest BCUT2D eigenvalue weighted by molar-refractivity contribution is 6.05. The number of aldehydes is 1. The molecule has 312 valence electrons. The Morgan fingerprint density at radius 2 is 1.70 bits per heavy atom. The molecule has 0 radical (unpaired) electrons. The highest BCUT2D eigenvalue weighted by Gasteiger charge is 2.34. The Balaban J connectivity index is 0.000000671. The van der Waals surface area contributed by atoms with Crippen LogP contribution in [0.2, 0.25) is 0 Å². The summed E-state index contributed by atoms with van der Waals surface area (Å²) in [5.74, 6) is -2.58. The number of ketones is 1. The van der Waals surface area contributed by atoms with Crippen LogP contribution in [0.5, 0.6) is 5.75 Å². The van der Waals surface area contributed by atoms with Crippen LogP contribution in [0.15, 0.2) is 65.6 Å². The van der Waals surface area contributed by atoms with Crippen LogP contribution in [-0.4, -0.2) is 41.4 Å². The smallest absolute Gasteiger partial charge is 0.270 e. The average molecular weight is 788 g/mol. The van der Waals surface area contributed by atoms with Crippen molar-refractivity contribution in [1.82, 2.24) is 9.88 Å². The second kappa shape index (κ2) is 22.9. The number of unbranched alkanes of at least 4 members (excludes halogenated alkanes) is 1. The summed E-state index contributed by atoms with van der Waals surface area (Å²) in [7, 11) is 1.64. The maximum atomic E-state index is 15.7. The zero-order valence-electron chi connectivity index (χ0n) is 35.6. The molecule has 3 N–H and O–H groups in total. The zero-order valence-corrected chi connectivity index (χ0v) is 35.6. The van der Waals surface area contributed by atoms with Crippen LogP contribution >= 0.6 is 0 Å². The van der Waals surface area contributed by atoms with Crippen LogP contribution < -0.4 is 15.8 Å². The number of ether oxygens (including phenoxy) is 1. The number of hydrogen-bond donors (Lipinski definition) is 2. The number of alkyl halides is 2. The first-order valence-corrected chi connectivity index (χ1v) is 19.5. The maximum absolute atomic E-state index is 15.7. The molecule has 0 bridgehead atoms. The van der Waals surface area contributed by atoms with Crippen LogP contribution in [0.1, 0.15) is 136 Å². The van der Waals surface area contributed by atoms with E-state index in [1.165, 1.54) is 35.4 Å². The Hall–Kier alpha value is -4.48. The third kappa shape index (κ3) is 14.5. The average Bonchev–Trinajstić information content (AvgIpc) is 3.15. The molecule has 2 aromatic rings. The second-order valence-electron chi connectivity index (χ2n) is 15.2. The predicted molar refractivity (Wildman–Crippen MR) is 222 cm³/mol. The number of anilines is 1. The number of allylic oxidation sites excluding steroid dienone is 2. The Morgan fingerprint density at radius 1 is 1.07 bits per heavy atom. The van der Waals surface area contributed by atoms with Gasteiger partial charge in [0.15, 0.2) is 6.29 Å². The minimum atomic E-state index is -2.80. The van der Waals surface area contributed by atoms with Gasteiger partial charge >= 0.3 is 0 Å². The SMILES string of the molecule is C=C([C@H](CCCC)CC(C)CC)N1C(F)=CN=C(N)/C1=C(\c1cc(F)c(C=O)cc1OCC)C(C)CC.CC(=O)C(C)(C)C.CNc1cc(C(C)(F)F)ccn1. The monoisotopic (exact) mass is 788 g/mol. The molecule has 1 aromatic carbocycles. The summed E-state index contributed by atoms with van der Waals surface area (Å²) in [6.07, 6.45) is 8.37. The molecule has 0 fully saturated rings. The summed E-state index contributed by atoms with van der Waals surface area (Å²) in [4.78, 5) is 31.3. The van der Waals surface area contributed by atoms with E-state index < -0.39 is 17.7 Å². The van der Waals surface area contributed by atoms with Crippen molar-refractivity contribution in [2.75, 3.05) is 19.0 Å². The minimum absolute atomic E-state index is 0.0261. The first kappa shape index (κ1) is 49.5. The molecule has 0 spiro atoms. The van der Waals surface area contributed by atoms with Crippen LogP contribution in [0.25, 0.3) is 5.57 Å². The van der Waals surface area contributed by atoms with E-state index in [9.17, 15) is 22.8 Å². The summed E-state index contributed by atoms with van der Waals surface area (Å²) in [6.45, 7) is 25.1. The van der Waals surface area contributed by atoms with E-state index >= 15 is 4.39 Å². The zero-order chi connectivity index (χ0) is 43.0. The fourth-order valence-corrected chi connectivity index (χ4v) is 5.52. The van der Waals surface area contributed by atoms with Crippen molar-refractivity contribution in [3.63, 3.8) is 0 Å². The Bertz CT molecular complexity index is 1710. The van der Waals surface area contributed by atoms with Gasteiger partial charge in [0.05, 0.1) is 24.1 Å². The number of hydrogen-bond acceptors (Lipinski definition) is 8. The lowest BCUT2D eigenvalue weighted by molar-refractivity contribution is -0.124. The van der Waals surface area contributed by atoms with Gasteiger partial charge in [0.25, 0.3) is 5.92 Å². The molecule has 1 aliphatic heterocycles. The van der Waals surface area contributed by atoms with Crippen molar-refractivity contribution in [2.45, 2.75) is 121 Å². The van der Waals surface area contributed by atoms with Gasteiger partial charge in [-0.2, -0.15) is 4.39 Å². The van der Waals surface area contributed by atoms with Crippen LogP contribution in [0, 0.1) is 29.0 Å². The summed E-state index contributed by atoms with van der Waals surface area (Å²) in [5, 5.41) is 2.70. The molecule has 2 unspecified atom stereocenters. The summed E-state index contributed by atoms with van der Waals surface area (Å²) in [5.41, 5.74) is 8.17. The molecule has 2 heterocycles. The number of benzene rings is 1. The fourth-order valence-electron chi connectivity index (χ4n) is 5.52. The third-order valence-corrected chi connectivity index (χ3v) is 9.79. The van der Waals surface area contributed by atoms with Gasteiger partial charge in [-0.1, -0.05) is 81.2 Å².